The van der Waals surface area contributed by atoms with Gasteiger partial charge >= 0.3 is 0 Å². The molecule has 260 valence electrons. The van der Waals surface area contributed by atoms with Gasteiger partial charge in [0, 0.05) is 88.3 Å². The minimum Gasteiger partial charge on any atom is -0.383 e. The van der Waals surface area contributed by atoms with Gasteiger partial charge in [0.1, 0.15) is 22.9 Å². The summed E-state index contributed by atoms with van der Waals surface area (Å²) in [5.74, 6) is 1.19. The van der Waals surface area contributed by atoms with Gasteiger partial charge in [0.25, 0.3) is 0 Å². The van der Waals surface area contributed by atoms with Crippen LogP contribution in [0.25, 0.3) is 11.0 Å². The first-order valence-corrected chi connectivity index (χ1v) is 15.7. The van der Waals surface area contributed by atoms with Gasteiger partial charge in [0.15, 0.2) is 11.6 Å². The Labute approximate surface area is 280 Å². The van der Waals surface area contributed by atoms with Crippen molar-refractivity contribution in [3.05, 3.63) is 35.1 Å². The van der Waals surface area contributed by atoms with Gasteiger partial charge in [-0.25, -0.2) is 14.4 Å². The Kier molecular flexibility index (Phi) is 13.4. The van der Waals surface area contributed by atoms with E-state index in [1.54, 1.807) is 46.5 Å². The molecule has 3 heterocycles. The monoisotopic (exact) mass is 668 g/mol. The number of rotatable bonds is 18. The summed E-state index contributed by atoms with van der Waals surface area (Å²) in [6.07, 6.45) is 0. The number of nitriles is 1. The highest BCUT2D eigenvalue weighted by molar-refractivity contribution is 5.96. The van der Waals surface area contributed by atoms with Crippen LogP contribution < -0.4 is 19.6 Å². The van der Waals surface area contributed by atoms with E-state index >= 15 is 0 Å². The zero-order valence-corrected chi connectivity index (χ0v) is 28.6. The molecule has 0 saturated carbocycles. The second kappa shape index (κ2) is 17.6. The smallest absolute Gasteiger partial charge is 0.241 e. The number of hydrogen-bond donors (Lipinski definition) is 0. The van der Waals surface area contributed by atoms with E-state index in [2.05, 4.69) is 0 Å². The third-order valence-corrected chi connectivity index (χ3v) is 8.00. The summed E-state index contributed by atoms with van der Waals surface area (Å²) in [5.41, 5.74) is 1.60. The Morgan fingerprint density at radius 1 is 0.854 bits per heavy atom. The van der Waals surface area contributed by atoms with Crippen LogP contribution in [-0.4, -0.2) is 146 Å². The van der Waals surface area contributed by atoms with Crippen LogP contribution in [0.3, 0.4) is 0 Å². The standard InChI is InChI=1S/C32H45FN10O5/c1-39-9-10-43(22-26(39)44)30-28-27(35-32(38-30)42(13-17-47-5)14-18-48-6)29(37-31(36-28)41(11-15-45-3)12-16-46-4)40(2)21-23-7-8-25(33)24(19-23)20-34/h7-8,19H,9-18,21-22H2,1-6H3. The highest BCUT2D eigenvalue weighted by Crippen LogP contribution is 2.33. The molecule has 0 spiro atoms. The fourth-order valence-electron chi connectivity index (χ4n) is 5.21. The molecule has 1 aromatic carbocycles. The summed E-state index contributed by atoms with van der Waals surface area (Å²) in [4.78, 5) is 42.5. The molecule has 3 aromatic rings. The molecule has 0 radical (unpaired) electrons. The summed E-state index contributed by atoms with van der Waals surface area (Å²) in [7, 11) is 10.2. The summed E-state index contributed by atoms with van der Waals surface area (Å²) in [6, 6.07) is 6.36. The Morgan fingerprint density at radius 3 is 1.96 bits per heavy atom. The molecule has 16 heteroatoms. The fourth-order valence-corrected chi connectivity index (χ4v) is 5.21. The lowest BCUT2D eigenvalue weighted by Crippen LogP contribution is -2.49. The average Bonchev–Trinajstić information content (AvgIpc) is 3.09. The molecule has 1 amide bonds. The SMILES string of the molecule is COCCN(CCOC)c1nc(N2CCN(C)C(=O)C2)c2nc(N(CCOC)CCOC)nc(N(C)Cc3ccc(F)c(C#N)c3)c2n1. The molecule has 2 aromatic heterocycles. The lowest BCUT2D eigenvalue weighted by Gasteiger charge is -2.34. The molecule has 4 rings (SSSR count). The van der Waals surface area contributed by atoms with Gasteiger partial charge < -0.3 is 43.4 Å². The van der Waals surface area contributed by atoms with Gasteiger partial charge in [-0.3, -0.25) is 4.79 Å². The first kappa shape index (κ1) is 36.4. The highest BCUT2D eigenvalue weighted by Gasteiger charge is 2.29. The van der Waals surface area contributed by atoms with E-state index in [0.29, 0.717) is 106 Å². The molecule has 1 fully saturated rings. The summed E-state index contributed by atoms with van der Waals surface area (Å²) in [5, 5.41) is 9.45. The molecule has 1 saturated heterocycles. The average molecular weight is 669 g/mol. The van der Waals surface area contributed by atoms with Crippen LogP contribution in [0.1, 0.15) is 11.1 Å². The zero-order valence-electron chi connectivity index (χ0n) is 28.6. The first-order chi connectivity index (χ1) is 23.2. The molecule has 0 bridgehead atoms. The van der Waals surface area contributed by atoms with Crippen LogP contribution in [0.5, 0.6) is 0 Å². The minimum atomic E-state index is -0.582. The van der Waals surface area contributed by atoms with Crippen molar-refractivity contribution >= 4 is 40.5 Å². The third kappa shape index (κ3) is 8.92. The Hall–Kier alpha value is -4.43. The maximum absolute atomic E-state index is 14.2. The van der Waals surface area contributed by atoms with Crippen LogP contribution in [0.15, 0.2) is 18.2 Å². The Morgan fingerprint density at radius 2 is 1.42 bits per heavy atom. The molecule has 15 nitrogen and oxygen atoms in total. The number of likely N-dealkylation sites (N-methyl/N-ethyl adjacent to an activating group) is 1. The topological polar surface area (TPSA) is 146 Å². The van der Waals surface area contributed by atoms with Crippen LogP contribution in [0.4, 0.5) is 27.9 Å². The molecule has 48 heavy (non-hydrogen) atoms. The van der Waals surface area contributed by atoms with E-state index in [-0.39, 0.29) is 24.6 Å². The number of carbonyl (C=O) groups excluding carboxylic acids is 1. The van der Waals surface area contributed by atoms with E-state index in [0.717, 1.165) is 0 Å². The number of benzene rings is 1. The van der Waals surface area contributed by atoms with Crippen molar-refractivity contribution in [2.24, 2.45) is 0 Å². The van der Waals surface area contributed by atoms with Gasteiger partial charge in [-0.1, -0.05) is 6.07 Å². The molecule has 1 aliphatic heterocycles. The van der Waals surface area contributed by atoms with Crippen molar-refractivity contribution in [2.75, 3.05) is 134 Å². The number of anilines is 4. The van der Waals surface area contributed by atoms with Crippen LogP contribution in [-0.2, 0) is 30.3 Å². The Balaban J connectivity index is 1.97. The van der Waals surface area contributed by atoms with Crippen LogP contribution >= 0.6 is 0 Å². The van der Waals surface area contributed by atoms with E-state index in [4.69, 9.17) is 38.9 Å². The molecule has 0 atom stereocenters. The zero-order chi connectivity index (χ0) is 34.6. The molecular weight excluding hydrogens is 623 g/mol. The maximum atomic E-state index is 14.2. The number of hydrogen-bond acceptors (Lipinski definition) is 14. The number of piperazine rings is 1. The largest absolute Gasteiger partial charge is 0.383 e. The maximum Gasteiger partial charge on any atom is 0.241 e. The molecule has 0 aliphatic carbocycles. The Bertz CT molecular complexity index is 1560. The van der Waals surface area contributed by atoms with Crippen molar-refractivity contribution in [3.63, 3.8) is 0 Å². The normalized spacial score (nSPS) is 13.2. The number of fused-ring (bicyclic) bond motifs is 1. The third-order valence-electron chi connectivity index (χ3n) is 8.00. The van der Waals surface area contributed by atoms with Crippen molar-refractivity contribution in [3.8, 4) is 6.07 Å². The molecular formula is C32H45FN10O5. The van der Waals surface area contributed by atoms with Gasteiger partial charge in [-0.05, 0) is 17.7 Å². The first-order valence-electron chi connectivity index (χ1n) is 15.7. The number of carbonyl (C=O) groups is 1. The summed E-state index contributed by atoms with van der Waals surface area (Å²) >= 11 is 0. The van der Waals surface area contributed by atoms with Gasteiger partial charge in [0.2, 0.25) is 17.8 Å². The van der Waals surface area contributed by atoms with Crippen LogP contribution in [0, 0.1) is 17.1 Å². The van der Waals surface area contributed by atoms with Crippen molar-refractivity contribution in [2.45, 2.75) is 6.54 Å². The van der Waals surface area contributed by atoms with Gasteiger partial charge in [-0.15, -0.1) is 0 Å². The van der Waals surface area contributed by atoms with Gasteiger partial charge in [0.05, 0.1) is 38.5 Å². The lowest BCUT2D eigenvalue weighted by atomic mass is 10.1. The second-order valence-electron chi connectivity index (χ2n) is 11.4. The number of ether oxygens (including phenoxy) is 4. The van der Waals surface area contributed by atoms with Crippen molar-refractivity contribution < 1.29 is 28.1 Å². The van der Waals surface area contributed by atoms with Gasteiger partial charge in [-0.2, -0.15) is 15.2 Å². The summed E-state index contributed by atoms with van der Waals surface area (Å²) in [6.45, 7) is 5.11. The molecule has 1 aliphatic rings. The fraction of sp³-hybridized carbons (Fsp3) is 0.562. The minimum absolute atomic E-state index is 0.0387. The van der Waals surface area contributed by atoms with Crippen molar-refractivity contribution in [1.82, 2.24) is 24.8 Å². The van der Waals surface area contributed by atoms with E-state index in [1.165, 1.54) is 12.1 Å². The van der Waals surface area contributed by atoms with E-state index in [1.807, 2.05) is 32.7 Å². The number of halogens is 1. The second-order valence-corrected chi connectivity index (χ2v) is 11.4. The highest BCUT2D eigenvalue weighted by atomic mass is 19.1. The molecule has 0 N–H and O–H groups in total. The van der Waals surface area contributed by atoms with Crippen LogP contribution in [0.2, 0.25) is 0 Å². The quantitative estimate of drug-likeness (QED) is 0.193. The number of nitrogens with zero attached hydrogens (tertiary/aromatic N) is 10. The predicted molar refractivity (Wildman–Crippen MR) is 180 cm³/mol. The predicted octanol–water partition coefficient (Wildman–Crippen LogP) is 1.54. The lowest BCUT2D eigenvalue weighted by molar-refractivity contribution is -0.129. The number of methoxy groups -OCH3 is 4. The van der Waals surface area contributed by atoms with E-state index < -0.39 is 5.82 Å². The number of aromatic nitrogens is 4. The summed E-state index contributed by atoms with van der Waals surface area (Å²) < 4.78 is 35.8. The number of amides is 1. The van der Waals surface area contributed by atoms with Crippen molar-refractivity contribution in [1.29, 1.82) is 5.26 Å². The molecule has 0 unspecified atom stereocenters. The van der Waals surface area contributed by atoms with E-state index in [9.17, 15) is 14.4 Å².